The number of amides is 1. The highest BCUT2D eigenvalue weighted by atomic mass is 35.5. The molecule has 0 saturated carbocycles. The Morgan fingerprint density at radius 1 is 1.32 bits per heavy atom. The Morgan fingerprint density at radius 3 is 2.91 bits per heavy atom. The molecule has 1 aliphatic heterocycles. The van der Waals surface area contributed by atoms with E-state index in [1.807, 2.05) is 6.07 Å². The first kappa shape index (κ1) is 14.9. The molecule has 2 N–H and O–H groups in total. The number of rotatable bonds is 3. The molecule has 0 spiro atoms. The fraction of sp³-hybridized carbons (Fsp3) is 0.214. The summed E-state index contributed by atoms with van der Waals surface area (Å²) in [5.74, 6) is -0.0985. The minimum Gasteiger partial charge on any atom is -0.371 e. The van der Waals surface area contributed by atoms with Gasteiger partial charge in [-0.25, -0.2) is 5.10 Å². The smallest absolute Gasteiger partial charge is 0.285 e. The molecule has 3 rings (SSSR count). The fourth-order valence-electron chi connectivity index (χ4n) is 2.39. The third kappa shape index (κ3) is 2.80. The summed E-state index contributed by atoms with van der Waals surface area (Å²) >= 11 is 11.9. The molecule has 2 heterocycles. The van der Waals surface area contributed by atoms with Gasteiger partial charge in [0.1, 0.15) is 11.1 Å². The minimum absolute atomic E-state index is 0.0102. The van der Waals surface area contributed by atoms with Crippen molar-refractivity contribution in [2.24, 2.45) is 0 Å². The van der Waals surface area contributed by atoms with Crippen LogP contribution in [0, 0.1) is 0 Å². The second-order valence-corrected chi connectivity index (χ2v) is 5.70. The summed E-state index contributed by atoms with van der Waals surface area (Å²) in [5.41, 5.74) is 0.595. The van der Waals surface area contributed by atoms with Crippen LogP contribution < -0.4 is 15.8 Å². The van der Waals surface area contributed by atoms with Crippen LogP contribution in [0.5, 0.6) is 0 Å². The molecule has 0 radical (unpaired) electrons. The third-order valence-corrected chi connectivity index (χ3v) is 4.06. The van der Waals surface area contributed by atoms with E-state index >= 15 is 0 Å². The summed E-state index contributed by atoms with van der Waals surface area (Å²) in [6.07, 6.45) is 1.98. The van der Waals surface area contributed by atoms with Gasteiger partial charge in [0.2, 0.25) is 5.91 Å². The van der Waals surface area contributed by atoms with Gasteiger partial charge >= 0.3 is 0 Å². The molecule has 114 valence electrons. The molecule has 2 aromatic rings. The van der Waals surface area contributed by atoms with Crippen molar-refractivity contribution in [3.05, 3.63) is 50.9 Å². The molecule has 1 unspecified atom stereocenters. The van der Waals surface area contributed by atoms with E-state index in [0.717, 1.165) is 5.69 Å². The van der Waals surface area contributed by atoms with Crippen LogP contribution in [0.3, 0.4) is 0 Å². The molecule has 0 aliphatic carbocycles. The first-order valence-corrected chi connectivity index (χ1v) is 7.38. The van der Waals surface area contributed by atoms with Gasteiger partial charge in [-0.3, -0.25) is 9.59 Å². The number of H-pyrrole nitrogens is 1. The molecular formula is C14H12Cl2N4O2. The second-order valence-electron chi connectivity index (χ2n) is 4.88. The van der Waals surface area contributed by atoms with Crippen LogP contribution in [-0.4, -0.2) is 28.7 Å². The normalized spacial score (nSPS) is 17.8. The van der Waals surface area contributed by atoms with Crippen LogP contribution in [0.2, 0.25) is 10.0 Å². The lowest BCUT2D eigenvalue weighted by molar-refractivity contribution is -0.117. The van der Waals surface area contributed by atoms with Crippen molar-refractivity contribution in [1.29, 1.82) is 0 Å². The maximum Gasteiger partial charge on any atom is 0.285 e. The van der Waals surface area contributed by atoms with Crippen molar-refractivity contribution in [3.63, 3.8) is 0 Å². The molecular weight excluding hydrogens is 327 g/mol. The topological polar surface area (TPSA) is 78.1 Å². The quantitative estimate of drug-likeness (QED) is 0.899. The van der Waals surface area contributed by atoms with Crippen molar-refractivity contribution in [2.75, 3.05) is 16.8 Å². The average molecular weight is 339 g/mol. The van der Waals surface area contributed by atoms with Gasteiger partial charge in [-0.05, 0) is 24.6 Å². The highest BCUT2D eigenvalue weighted by Gasteiger charge is 2.33. The Kier molecular flexibility index (Phi) is 4.04. The van der Waals surface area contributed by atoms with Crippen molar-refractivity contribution in [1.82, 2.24) is 10.2 Å². The highest BCUT2D eigenvalue weighted by molar-refractivity contribution is 6.33. The molecule has 1 amide bonds. The number of carbonyl (C=O) groups is 1. The summed E-state index contributed by atoms with van der Waals surface area (Å²) in [5, 5.41) is 9.44. The van der Waals surface area contributed by atoms with E-state index in [1.165, 1.54) is 6.20 Å². The molecule has 6 nitrogen and oxygen atoms in total. The molecule has 1 aromatic heterocycles. The number of nitrogens with one attached hydrogen (secondary N) is 2. The van der Waals surface area contributed by atoms with Gasteiger partial charge in [0, 0.05) is 17.3 Å². The van der Waals surface area contributed by atoms with Gasteiger partial charge in [0.05, 0.1) is 11.9 Å². The van der Waals surface area contributed by atoms with Gasteiger partial charge in [-0.2, -0.15) is 5.10 Å². The van der Waals surface area contributed by atoms with Crippen LogP contribution in [0.25, 0.3) is 0 Å². The van der Waals surface area contributed by atoms with E-state index in [1.54, 1.807) is 23.1 Å². The Hall–Kier alpha value is -2.05. The molecule has 1 atom stereocenters. The van der Waals surface area contributed by atoms with E-state index in [0.29, 0.717) is 23.7 Å². The lowest BCUT2D eigenvalue weighted by atomic mass is 10.2. The first-order chi connectivity index (χ1) is 10.6. The summed E-state index contributed by atoms with van der Waals surface area (Å²) in [4.78, 5) is 25.6. The number of hydrogen-bond donors (Lipinski definition) is 2. The fourth-order valence-corrected chi connectivity index (χ4v) is 2.72. The predicted octanol–water partition coefficient (Wildman–Crippen LogP) is 2.29. The van der Waals surface area contributed by atoms with E-state index in [4.69, 9.17) is 23.2 Å². The standard InChI is InChI=1S/C14H12Cl2N4O2/c15-8-2-1-3-9(6-8)20-5-4-10(14(20)22)18-11-7-17-19-13(21)12(11)16/h1-3,6-7,10H,4-5H2,(H2,18,19,21). The van der Waals surface area contributed by atoms with Crippen molar-refractivity contribution in [3.8, 4) is 0 Å². The third-order valence-electron chi connectivity index (χ3n) is 3.45. The number of hydrogen-bond acceptors (Lipinski definition) is 4. The van der Waals surface area contributed by atoms with Gasteiger partial charge in [0.15, 0.2) is 0 Å². The lowest BCUT2D eigenvalue weighted by Gasteiger charge is -2.18. The molecule has 8 heteroatoms. The Balaban J connectivity index is 1.79. The van der Waals surface area contributed by atoms with E-state index < -0.39 is 11.6 Å². The van der Waals surface area contributed by atoms with Gasteiger partial charge in [-0.1, -0.05) is 29.3 Å². The highest BCUT2D eigenvalue weighted by Crippen LogP contribution is 2.26. The summed E-state index contributed by atoms with van der Waals surface area (Å²) < 4.78 is 0. The number of aromatic amines is 1. The van der Waals surface area contributed by atoms with Crippen LogP contribution >= 0.6 is 23.2 Å². The number of nitrogens with zero attached hydrogens (tertiary/aromatic N) is 2. The van der Waals surface area contributed by atoms with E-state index in [9.17, 15) is 9.59 Å². The molecule has 1 saturated heterocycles. The molecule has 1 aliphatic rings. The van der Waals surface area contributed by atoms with Crippen LogP contribution in [0.1, 0.15) is 6.42 Å². The molecule has 1 fully saturated rings. The molecule has 1 aromatic carbocycles. The van der Waals surface area contributed by atoms with Crippen LogP contribution in [-0.2, 0) is 4.79 Å². The number of aromatic nitrogens is 2. The largest absolute Gasteiger partial charge is 0.371 e. The Morgan fingerprint density at radius 2 is 2.14 bits per heavy atom. The van der Waals surface area contributed by atoms with Gasteiger partial charge in [-0.15, -0.1) is 0 Å². The van der Waals surface area contributed by atoms with Crippen molar-refractivity contribution < 1.29 is 4.79 Å². The summed E-state index contributed by atoms with van der Waals surface area (Å²) in [6, 6.07) is 6.66. The Labute approximate surface area is 136 Å². The number of carbonyl (C=O) groups excluding carboxylic acids is 1. The number of anilines is 2. The first-order valence-electron chi connectivity index (χ1n) is 6.63. The van der Waals surface area contributed by atoms with Crippen LogP contribution in [0.4, 0.5) is 11.4 Å². The molecule has 22 heavy (non-hydrogen) atoms. The van der Waals surface area contributed by atoms with E-state index in [-0.39, 0.29) is 10.9 Å². The lowest BCUT2D eigenvalue weighted by Crippen LogP contribution is -2.33. The predicted molar refractivity (Wildman–Crippen MR) is 85.7 cm³/mol. The zero-order valence-corrected chi connectivity index (χ0v) is 12.9. The maximum absolute atomic E-state index is 12.5. The average Bonchev–Trinajstić information content (AvgIpc) is 2.85. The Bertz CT molecular complexity index is 777. The van der Waals surface area contributed by atoms with Crippen molar-refractivity contribution >= 4 is 40.5 Å². The zero-order valence-electron chi connectivity index (χ0n) is 11.3. The number of benzene rings is 1. The second kappa shape index (κ2) is 5.98. The maximum atomic E-state index is 12.5. The van der Waals surface area contributed by atoms with Crippen molar-refractivity contribution in [2.45, 2.75) is 12.5 Å². The number of halogens is 2. The summed E-state index contributed by atoms with van der Waals surface area (Å²) in [6.45, 7) is 0.561. The minimum atomic E-state index is -0.496. The van der Waals surface area contributed by atoms with Crippen LogP contribution in [0.15, 0.2) is 35.3 Å². The summed E-state index contributed by atoms with van der Waals surface area (Å²) in [7, 11) is 0. The van der Waals surface area contributed by atoms with Gasteiger partial charge in [0.25, 0.3) is 5.56 Å². The van der Waals surface area contributed by atoms with E-state index in [2.05, 4.69) is 15.5 Å². The van der Waals surface area contributed by atoms with Gasteiger partial charge < -0.3 is 10.2 Å². The molecule has 0 bridgehead atoms. The zero-order chi connectivity index (χ0) is 15.7. The monoisotopic (exact) mass is 338 g/mol. The SMILES string of the molecule is O=C1C(Nc2cn[nH]c(=O)c2Cl)CCN1c1cccc(Cl)c1.